The second kappa shape index (κ2) is 5.90. The van der Waals surface area contributed by atoms with Crippen molar-refractivity contribution in [3.05, 3.63) is 34.5 Å². The van der Waals surface area contributed by atoms with Crippen LogP contribution >= 0.6 is 11.3 Å². The monoisotopic (exact) mass is 288 g/mol. The molecule has 2 nitrogen and oxygen atoms in total. The van der Waals surface area contributed by atoms with Crippen molar-refractivity contribution in [2.45, 2.75) is 19.5 Å². The summed E-state index contributed by atoms with van der Waals surface area (Å²) < 4.78 is 39.4. The number of thiophene rings is 1. The van der Waals surface area contributed by atoms with E-state index in [-0.39, 0.29) is 25.5 Å². The topological polar surface area (TPSA) is 29.3 Å². The van der Waals surface area contributed by atoms with E-state index >= 15 is 0 Å². The molecule has 6 heteroatoms. The Morgan fingerprint density at radius 3 is 2.74 bits per heavy atom. The van der Waals surface area contributed by atoms with Gasteiger partial charge in [0.25, 0.3) is 6.43 Å². The molecule has 0 amide bonds. The molecule has 0 radical (unpaired) electrons. The highest BCUT2D eigenvalue weighted by molar-refractivity contribution is 7.19. The second-order valence-corrected chi connectivity index (χ2v) is 5.55. The van der Waals surface area contributed by atoms with E-state index in [2.05, 4.69) is 0 Å². The first kappa shape index (κ1) is 14.3. The normalized spacial score (nSPS) is 11.9. The summed E-state index contributed by atoms with van der Waals surface area (Å²) in [6.07, 6.45) is -2.40. The van der Waals surface area contributed by atoms with Gasteiger partial charge >= 0.3 is 0 Å². The zero-order valence-corrected chi connectivity index (χ0v) is 11.3. The fourth-order valence-corrected chi connectivity index (χ4v) is 3.23. The van der Waals surface area contributed by atoms with Gasteiger partial charge in [-0.2, -0.15) is 0 Å². The Morgan fingerprint density at radius 1 is 1.37 bits per heavy atom. The van der Waals surface area contributed by atoms with Crippen LogP contribution < -0.4 is 5.73 Å². The highest BCUT2D eigenvalue weighted by Crippen LogP contribution is 2.33. The summed E-state index contributed by atoms with van der Waals surface area (Å²) in [6, 6.07) is 4.84. The molecule has 2 N–H and O–H groups in total. The van der Waals surface area contributed by atoms with Crippen LogP contribution in [-0.4, -0.2) is 24.9 Å². The number of hydrogen-bond donors (Lipinski definition) is 1. The van der Waals surface area contributed by atoms with Crippen LogP contribution in [0.5, 0.6) is 0 Å². The van der Waals surface area contributed by atoms with Crippen molar-refractivity contribution in [3.8, 4) is 0 Å². The van der Waals surface area contributed by atoms with Gasteiger partial charge in [0, 0.05) is 28.1 Å². The third-order valence-electron chi connectivity index (χ3n) is 2.91. The summed E-state index contributed by atoms with van der Waals surface area (Å²) in [6.45, 7) is 0.226. The Bertz CT molecular complexity index is 568. The number of fused-ring (bicyclic) bond motifs is 1. The number of rotatable bonds is 5. The first-order valence-electron chi connectivity index (χ1n) is 5.88. The van der Waals surface area contributed by atoms with Crippen molar-refractivity contribution in [2.24, 2.45) is 5.73 Å². The van der Waals surface area contributed by atoms with E-state index in [4.69, 9.17) is 5.73 Å². The molecule has 1 aromatic carbocycles. The molecule has 0 bridgehead atoms. The van der Waals surface area contributed by atoms with Gasteiger partial charge in [0.2, 0.25) is 0 Å². The summed E-state index contributed by atoms with van der Waals surface area (Å²) in [5, 5.41) is 0.508. The number of nitrogens with zero attached hydrogens (tertiary/aromatic N) is 1. The van der Waals surface area contributed by atoms with Crippen LogP contribution in [0.4, 0.5) is 13.2 Å². The van der Waals surface area contributed by atoms with E-state index in [9.17, 15) is 13.2 Å². The number of alkyl halides is 2. The van der Waals surface area contributed by atoms with Crippen molar-refractivity contribution in [2.75, 3.05) is 13.6 Å². The van der Waals surface area contributed by atoms with Gasteiger partial charge in [-0.3, -0.25) is 4.90 Å². The third-order valence-corrected chi connectivity index (χ3v) is 4.13. The van der Waals surface area contributed by atoms with E-state index in [1.165, 1.54) is 22.3 Å². The molecule has 0 aliphatic heterocycles. The molecule has 2 rings (SSSR count). The van der Waals surface area contributed by atoms with Crippen LogP contribution in [0.2, 0.25) is 0 Å². The fraction of sp³-hybridized carbons (Fsp3) is 0.385. The molecule has 0 spiro atoms. The van der Waals surface area contributed by atoms with Gasteiger partial charge in [-0.15, -0.1) is 11.3 Å². The van der Waals surface area contributed by atoms with Crippen LogP contribution in [0.25, 0.3) is 10.1 Å². The quantitative estimate of drug-likeness (QED) is 0.915. The Morgan fingerprint density at radius 2 is 2.11 bits per heavy atom. The Labute approximate surface area is 113 Å². The number of hydrogen-bond acceptors (Lipinski definition) is 3. The van der Waals surface area contributed by atoms with Gasteiger partial charge in [-0.1, -0.05) is 6.07 Å². The molecule has 2 aromatic rings. The number of benzene rings is 1. The van der Waals surface area contributed by atoms with Crippen LogP contribution in [0.1, 0.15) is 10.4 Å². The van der Waals surface area contributed by atoms with Crippen molar-refractivity contribution >= 4 is 21.4 Å². The SMILES string of the molecule is CN(Cc1c(CN)sc2cccc(F)c12)CC(F)F. The lowest BCUT2D eigenvalue weighted by Gasteiger charge is -2.16. The second-order valence-electron chi connectivity index (χ2n) is 4.41. The Balaban J connectivity index is 2.40. The predicted octanol–water partition coefficient (Wildman–Crippen LogP) is 3.20. The van der Waals surface area contributed by atoms with Crippen LogP contribution in [0.15, 0.2) is 18.2 Å². The van der Waals surface area contributed by atoms with Gasteiger partial charge in [0.15, 0.2) is 0 Å². The van der Waals surface area contributed by atoms with E-state index in [1.807, 2.05) is 6.07 Å². The molecular weight excluding hydrogens is 273 g/mol. The van der Waals surface area contributed by atoms with E-state index < -0.39 is 6.43 Å². The average molecular weight is 288 g/mol. The lowest BCUT2D eigenvalue weighted by atomic mass is 10.1. The number of halogens is 3. The number of nitrogens with two attached hydrogens (primary N) is 1. The zero-order valence-electron chi connectivity index (χ0n) is 10.5. The van der Waals surface area contributed by atoms with E-state index in [1.54, 1.807) is 13.1 Å². The Kier molecular flexibility index (Phi) is 4.44. The van der Waals surface area contributed by atoms with Gasteiger partial charge < -0.3 is 5.73 Å². The summed E-state index contributed by atoms with van der Waals surface area (Å²) in [5.41, 5.74) is 6.39. The molecule has 104 valence electrons. The lowest BCUT2D eigenvalue weighted by molar-refractivity contribution is 0.0976. The average Bonchev–Trinajstić information content (AvgIpc) is 2.67. The zero-order chi connectivity index (χ0) is 14.0. The maximum atomic E-state index is 13.9. The molecule has 0 atom stereocenters. The molecule has 1 aromatic heterocycles. The van der Waals surface area contributed by atoms with Crippen molar-refractivity contribution in [1.82, 2.24) is 4.90 Å². The standard InChI is InChI=1S/C13H15F3N2S/c1-18(7-12(15)16)6-8-11(5-17)19-10-4-2-3-9(14)13(8)10/h2-4,12H,5-7,17H2,1H3. The highest BCUT2D eigenvalue weighted by atomic mass is 32.1. The molecule has 0 unspecified atom stereocenters. The fourth-order valence-electron chi connectivity index (χ4n) is 2.12. The smallest absolute Gasteiger partial charge is 0.251 e. The van der Waals surface area contributed by atoms with Crippen molar-refractivity contribution in [3.63, 3.8) is 0 Å². The Hall–Kier alpha value is -1.11. The van der Waals surface area contributed by atoms with Crippen LogP contribution in [-0.2, 0) is 13.1 Å². The van der Waals surface area contributed by atoms with E-state index in [0.717, 1.165) is 15.1 Å². The molecule has 19 heavy (non-hydrogen) atoms. The van der Waals surface area contributed by atoms with Gasteiger partial charge in [-0.05, 0) is 24.7 Å². The summed E-state index contributed by atoms with van der Waals surface area (Å²) in [5.74, 6) is -0.325. The lowest BCUT2D eigenvalue weighted by Crippen LogP contribution is -2.24. The third kappa shape index (κ3) is 3.08. The van der Waals surface area contributed by atoms with Crippen LogP contribution in [0.3, 0.4) is 0 Å². The van der Waals surface area contributed by atoms with Gasteiger partial charge in [0.1, 0.15) is 5.82 Å². The minimum Gasteiger partial charge on any atom is -0.326 e. The molecule has 0 aliphatic carbocycles. The van der Waals surface area contributed by atoms with E-state index in [0.29, 0.717) is 5.39 Å². The highest BCUT2D eigenvalue weighted by Gasteiger charge is 2.17. The van der Waals surface area contributed by atoms with Gasteiger partial charge in [-0.25, -0.2) is 13.2 Å². The first-order chi connectivity index (χ1) is 9.02. The molecular formula is C13H15F3N2S. The molecule has 0 saturated carbocycles. The maximum Gasteiger partial charge on any atom is 0.251 e. The van der Waals surface area contributed by atoms with Crippen LogP contribution in [0, 0.1) is 5.82 Å². The van der Waals surface area contributed by atoms with Crippen molar-refractivity contribution < 1.29 is 13.2 Å². The maximum absolute atomic E-state index is 13.9. The first-order valence-corrected chi connectivity index (χ1v) is 6.70. The molecule has 0 aliphatic rings. The minimum atomic E-state index is -2.40. The minimum absolute atomic E-state index is 0.276. The van der Waals surface area contributed by atoms with Crippen molar-refractivity contribution in [1.29, 1.82) is 0 Å². The summed E-state index contributed by atoms with van der Waals surface area (Å²) in [7, 11) is 1.59. The summed E-state index contributed by atoms with van der Waals surface area (Å²) in [4.78, 5) is 2.33. The predicted molar refractivity (Wildman–Crippen MR) is 72.0 cm³/mol. The molecule has 0 saturated heterocycles. The molecule has 0 fully saturated rings. The van der Waals surface area contributed by atoms with Gasteiger partial charge in [0.05, 0.1) is 6.54 Å². The largest absolute Gasteiger partial charge is 0.326 e. The molecule has 1 heterocycles. The summed E-state index contributed by atoms with van der Waals surface area (Å²) >= 11 is 1.42.